The maximum absolute atomic E-state index is 3.58. The summed E-state index contributed by atoms with van der Waals surface area (Å²) in [5.41, 5.74) is 1.58. The zero-order valence-corrected chi connectivity index (χ0v) is 10.9. The standard InChI is InChI=1S/C14H15Br/c1-14(2,3)13-9-11(15)8-10-6-4-5-7-12(10)13/h4-9H,1-3H3. The highest BCUT2D eigenvalue weighted by Gasteiger charge is 2.16. The lowest BCUT2D eigenvalue weighted by Gasteiger charge is -2.21. The average Bonchev–Trinajstić information content (AvgIpc) is 2.15. The van der Waals surface area contributed by atoms with Gasteiger partial charge in [-0.15, -0.1) is 0 Å². The Morgan fingerprint density at radius 1 is 1.00 bits per heavy atom. The van der Waals surface area contributed by atoms with E-state index in [2.05, 4.69) is 73.1 Å². The molecule has 0 unspecified atom stereocenters. The summed E-state index contributed by atoms with van der Waals surface area (Å²) in [5, 5.41) is 2.66. The van der Waals surface area contributed by atoms with Gasteiger partial charge in [0.25, 0.3) is 0 Å². The quantitative estimate of drug-likeness (QED) is 0.634. The van der Waals surface area contributed by atoms with E-state index < -0.39 is 0 Å². The van der Waals surface area contributed by atoms with Gasteiger partial charge in [-0.25, -0.2) is 0 Å². The van der Waals surface area contributed by atoms with Crippen LogP contribution in [0, 0.1) is 0 Å². The lowest BCUT2D eigenvalue weighted by Crippen LogP contribution is -2.11. The molecule has 0 atom stereocenters. The molecule has 78 valence electrons. The highest BCUT2D eigenvalue weighted by Crippen LogP contribution is 2.32. The van der Waals surface area contributed by atoms with Gasteiger partial charge in [0.1, 0.15) is 0 Å². The van der Waals surface area contributed by atoms with Crippen LogP contribution < -0.4 is 0 Å². The van der Waals surface area contributed by atoms with Gasteiger partial charge in [-0.1, -0.05) is 61.0 Å². The van der Waals surface area contributed by atoms with Gasteiger partial charge in [-0.2, -0.15) is 0 Å². The van der Waals surface area contributed by atoms with Gasteiger partial charge in [0.2, 0.25) is 0 Å². The van der Waals surface area contributed by atoms with E-state index in [4.69, 9.17) is 0 Å². The molecule has 2 aromatic rings. The molecule has 0 N–H and O–H groups in total. The van der Waals surface area contributed by atoms with Crippen LogP contribution in [0.25, 0.3) is 10.8 Å². The Morgan fingerprint density at radius 2 is 1.67 bits per heavy atom. The predicted molar refractivity (Wildman–Crippen MR) is 70.3 cm³/mol. The molecule has 0 aliphatic carbocycles. The first kappa shape index (κ1) is 10.7. The Kier molecular flexibility index (Phi) is 2.59. The van der Waals surface area contributed by atoms with Crippen molar-refractivity contribution in [3.05, 3.63) is 46.4 Å². The minimum Gasteiger partial charge on any atom is -0.0616 e. The van der Waals surface area contributed by atoms with Crippen molar-refractivity contribution in [2.24, 2.45) is 0 Å². The third-order valence-electron chi connectivity index (χ3n) is 2.63. The molecule has 0 saturated carbocycles. The maximum Gasteiger partial charge on any atom is 0.0184 e. The lowest BCUT2D eigenvalue weighted by molar-refractivity contribution is 0.595. The lowest BCUT2D eigenvalue weighted by atomic mass is 9.84. The van der Waals surface area contributed by atoms with Crippen molar-refractivity contribution >= 4 is 26.7 Å². The van der Waals surface area contributed by atoms with E-state index in [1.165, 1.54) is 16.3 Å². The van der Waals surface area contributed by atoms with Gasteiger partial charge in [-0.05, 0) is 33.9 Å². The molecule has 0 heterocycles. The number of rotatable bonds is 0. The minimum atomic E-state index is 0.184. The molecule has 0 aliphatic rings. The van der Waals surface area contributed by atoms with Crippen LogP contribution in [-0.2, 0) is 5.41 Å². The molecule has 1 heteroatoms. The van der Waals surface area contributed by atoms with Gasteiger partial charge < -0.3 is 0 Å². The van der Waals surface area contributed by atoms with Crippen molar-refractivity contribution in [3.8, 4) is 0 Å². The van der Waals surface area contributed by atoms with Crippen LogP contribution in [0.4, 0.5) is 0 Å². The molecule has 0 aromatic heterocycles. The smallest absolute Gasteiger partial charge is 0.0184 e. The fourth-order valence-corrected chi connectivity index (χ4v) is 2.37. The van der Waals surface area contributed by atoms with Crippen molar-refractivity contribution in [2.75, 3.05) is 0 Å². The number of fused-ring (bicyclic) bond motifs is 1. The zero-order valence-electron chi connectivity index (χ0n) is 9.34. The van der Waals surface area contributed by atoms with Crippen LogP contribution in [-0.4, -0.2) is 0 Å². The molecule has 0 fully saturated rings. The number of hydrogen-bond donors (Lipinski definition) is 0. The van der Waals surface area contributed by atoms with E-state index in [1.807, 2.05) is 0 Å². The largest absolute Gasteiger partial charge is 0.0616 e. The van der Waals surface area contributed by atoms with Crippen molar-refractivity contribution in [1.29, 1.82) is 0 Å². The van der Waals surface area contributed by atoms with Crippen LogP contribution in [0.5, 0.6) is 0 Å². The second kappa shape index (κ2) is 3.64. The summed E-state index contributed by atoms with van der Waals surface area (Å²) in [5.74, 6) is 0. The Bertz CT molecular complexity index is 492. The van der Waals surface area contributed by atoms with E-state index in [9.17, 15) is 0 Å². The highest BCUT2D eigenvalue weighted by atomic mass is 79.9. The number of benzene rings is 2. The van der Waals surface area contributed by atoms with E-state index >= 15 is 0 Å². The van der Waals surface area contributed by atoms with Gasteiger partial charge >= 0.3 is 0 Å². The van der Waals surface area contributed by atoms with E-state index in [-0.39, 0.29) is 5.41 Å². The fraction of sp³-hybridized carbons (Fsp3) is 0.286. The first-order valence-electron chi connectivity index (χ1n) is 5.17. The van der Waals surface area contributed by atoms with Crippen LogP contribution in [0.1, 0.15) is 26.3 Å². The molecule has 15 heavy (non-hydrogen) atoms. The van der Waals surface area contributed by atoms with Crippen molar-refractivity contribution in [1.82, 2.24) is 0 Å². The van der Waals surface area contributed by atoms with Crippen LogP contribution >= 0.6 is 15.9 Å². The molecule has 0 saturated heterocycles. The average molecular weight is 263 g/mol. The van der Waals surface area contributed by atoms with Crippen molar-refractivity contribution in [2.45, 2.75) is 26.2 Å². The van der Waals surface area contributed by atoms with Gasteiger partial charge in [0.05, 0.1) is 0 Å². The highest BCUT2D eigenvalue weighted by molar-refractivity contribution is 9.10. The maximum atomic E-state index is 3.58. The molecule has 0 aliphatic heterocycles. The summed E-state index contributed by atoms with van der Waals surface area (Å²) in [7, 11) is 0. The minimum absolute atomic E-state index is 0.184. The van der Waals surface area contributed by atoms with Gasteiger partial charge in [0.15, 0.2) is 0 Å². The molecule has 2 aromatic carbocycles. The van der Waals surface area contributed by atoms with Gasteiger partial charge in [-0.3, -0.25) is 0 Å². The van der Waals surface area contributed by atoms with E-state index in [1.54, 1.807) is 0 Å². The second-order valence-electron chi connectivity index (χ2n) is 4.92. The SMILES string of the molecule is CC(C)(C)c1cc(Br)cc2ccccc12. The normalized spacial score (nSPS) is 12.0. The van der Waals surface area contributed by atoms with Crippen molar-refractivity contribution in [3.63, 3.8) is 0 Å². The number of halogens is 1. The predicted octanol–water partition coefficient (Wildman–Crippen LogP) is 4.90. The summed E-state index contributed by atoms with van der Waals surface area (Å²) >= 11 is 3.58. The summed E-state index contributed by atoms with van der Waals surface area (Å²) < 4.78 is 1.16. The molecular formula is C14H15Br. The van der Waals surface area contributed by atoms with E-state index in [0.717, 1.165) is 4.47 Å². The molecule has 0 amide bonds. The second-order valence-corrected chi connectivity index (χ2v) is 5.84. The molecule has 0 bridgehead atoms. The first-order chi connectivity index (χ1) is 6.98. The molecule has 2 rings (SSSR count). The topological polar surface area (TPSA) is 0 Å². The van der Waals surface area contributed by atoms with Crippen LogP contribution in [0.3, 0.4) is 0 Å². The fourth-order valence-electron chi connectivity index (χ4n) is 1.89. The molecular weight excluding hydrogens is 248 g/mol. The Morgan fingerprint density at radius 3 is 2.33 bits per heavy atom. The Labute approximate surface area is 99.4 Å². The Balaban J connectivity index is 2.83. The third kappa shape index (κ3) is 2.07. The van der Waals surface area contributed by atoms with Crippen molar-refractivity contribution < 1.29 is 0 Å². The van der Waals surface area contributed by atoms with Crippen LogP contribution in [0.15, 0.2) is 40.9 Å². The summed E-state index contributed by atoms with van der Waals surface area (Å²) in [6.07, 6.45) is 0. The van der Waals surface area contributed by atoms with Crippen LogP contribution in [0.2, 0.25) is 0 Å². The van der Waals surface area contributed by atoms with E-state index in [0.29, 0.717) is 0 Å². The monoisotopic (exact) mass is 262 g/mol. The van der Waals surface area contributed by atoms with Gasteiger partial charge in [0, 0.05) is 4.47 Å². The molecule has 0 spiro atoms. The summed E-state index contributed by atoms with van der Waals surface area (Å²) in [6.45, 7) is 6.75. The third-order valence-corrected chi connectivity index (χ3v) is 3.09. The Hall–Kier alpha value is -0.820. The first-order valence-corrected chi connectivity index (χ1v) is 5.96. The molecule has 0 nitrogen and oxygen atoms in total. The summed E-state index contributed by atoms with van der Waals surface area (Å²) in [6, 6.07) is 12.9. The zero-order chi connectivity index (χ0) is 11.1. The number of hydrogen-bond acceptors (Lipinski definition) is 0. The summed E-state index contributed by atoms with van der Waals surface area (Å²) in [4.78, 5) is 0. The molecule has 0 radical (unpaired) electrons.